The van der Waals surface area contributed by atoms with E-state index < -0.39 is 29.5 Å². The fourth-order valence-corrected chi connectivity index (χ4v) is 3.28. The minimum atomic E-state index is -0.798. The third-order valence-electron chi connectivity index (χ3n) is 3.04. The molecular weight excluding hydrogens is 427 g/mol. The highest BCUT2D eigenvalue weighted by Crippen LogP contribution is 2.34. The average molecular weight is 445 g/mol. The van der Waals surface area contributed by atoms with Gasteiger partial charge in [0, 0.05) is 10.0 Å². The molecule has 0 fully saturated rings. The Morgan fingerprint density at radius 2 is 2.04 bits per heavy atom. The lowest BCUT2D eigenvalue weighted by molar-refractivity contribution is -0.135. The Hall–Kier alpha value is -1.87. The van der Waals surface area contributed by atoms with E-state index in [2.05, 4.69) is 26.2 Å². The van der Waals surface area contributed by atoms with Crippen molar-refractivity contribution in [1.29, 1.82) is 0 Å². The van der Waals surface area contributed by atoms with Gasteiger partial charge in [0.2, 0.25) is 0 Å². The van der Waals surface area contributed by atoms with Gasteiger partial charge in [0.05, 0.1) is 12.0 Å². The van der Waals surface area contributed by atoms with Crippen LogP contribution < -0.4 is 5.32 Å². The van der Waals surface area contributed by atoms with Gasteiger partial charge >= 0.3 is 12.1 Å². The molecule has 1 amide bonds. The van der Waals surface area contributed by atoms with Crippen LogP contribution in [0.5, 0.6) is 0 Å². The number of esters is 1. The monoisotopic (exact) mass is 444 g/mol. The molecule has 0 aromatic heterocycles. The molecule has 1 aliphatic rings. The maximum atomic E-state index is 14.2. The number of nitrogens with one attached hydrogen (secondary N) is 1. The number of ether oxygens (including phenoxy) is 2. The van der Waals surface area contributed by atoms with Crippen LogP contribution in [0.1, 0.15) is 32.4 Å². The number of amidine groups is 1. The number of carbonyl (C=O) groups excluding carboxylic acids is 2. The summed E-state index contributed by atoms with van der Waals surface area (Å²) in [7, 11) is 1.24. The number of alkyl carbamates (subject to hydrolysis) is 1. The number of hydrogen-bond donors (Lipinski definition) is 1. The van der Waals surface area contributed by atoms with E-state index in [1.54, 1.807) is 32.9 Å². The molecule has 2 rings (SSSR count). The lowest BCUT2D eigenvalue weighted by Gasteiger charge is -2.22. The summed E-state index contributed by atoms with van der Waals surface area (Å²) in [5, 5.41) is 2.60. The van der Waals surface area contributed by atoms with Gasteiger partial charge in [0.1, 0.15) is 17.5 Å². The van der Waals surface area contributed by atoms with E-state index in [1.807, 2.05) is 0 Å². The lowest BCUT2D eigenvalue weighted by Crippen LogP contribution is -2.36. The fraction of sp³-hybridized carbons (Fsp3) is 0.353. The molecule has 26 heavy (non-hydrogen) atoms. The highest BCUT2D eigenvalue weighted by atomic mass is 79.9. The van der Waals surface area contributed by atoms with Crippen molar-refractivity contribution in [3.05, 3.63) is 45.0 Å². The average Bonchev–Trinajstić information content (AvgIpc) is 2.54. The van der Waals surface area contributed by atoms with Crippen molar-refractivity contribution in [2.75, 3.05) is 7.11 Å². The maximum absolute atomic E-state index is 14.2. The molecule has 9 heteroatoms. The topological polar surface area (TPSA) is 77.0 Å². The Kier molecular flexibility index (Phi) is 6.46. The predicted octanol–water partition coefficient (Wildman–Crippen LogP) is 4.31. The highest BCUT2D eigenvalue weighted by molar-refractivity contribution is 9.10. The summed E-state index contributed by atoms with van der Waals surface area (Å²) in [4.78, 5) is 28.4. The summed E-state index contributed by atoms with van der Waals surface area (Å²) in [5.74, 6) is -1.08. The molecule has 0 saturated carbocycles. The van der Waals surface area contributed by atoms with Crippen molar-refractivity contribution >= 4 is 44.9 Å². The van der Waals surface area contributed by atoms with Crippen molar-refractivity contribution in [2.45, 2.75) is 32.4 Å². The number of amides is 1. The van der Waals surface area contributed by atoms with Gasteiger partial charge < -0.3 is 9.47 Å². The summed E-state index contributed by atoms with van der Waals surface area (Å²) < 4.78 is 24.8. The summed E-state index contributed by atoms with van der Waals surface area (Å²) in [6, 6.07) is 3.62. The van der Waals surface area contributed by atoms with E-state index in [0.717, 1.165) is 11.8 Å². The molecule has 1 heterocycles. The van der Waals surface area contributed by atoms with Crippen molar-refractivity contribution in [3.8, 4) is 0 Å². The number of hydrogen-bond acceptors (Lipinski definition) is 6. The molecular formula is C17H18BrFN2O4S. The van der Waals surface area contributed by atoms with Gasteiger partial charge in [-0.1, -0.05) is 15.9 Å². The van der Waals surface area contributed by atoms with E-state index in [0.29, 0.717) is 4.47 Å². The molecule has 6 nitrogen and oxygen atoms in total. The number of thioether (sulfide) groups is 1. The number of carbonyl (C=O) groups is 2. The first kappa shape index (κ1) is 20.4. The maximum Gasteiger partial charge on any atom is 0.413 e. The summed E-state index contributed by atoms with van der Waals surface area (Å²) in [6.07, 6.45) is 0.769. The number of nitrogens with zero attached hydrogens (tertiary/aromatic N) is 1. The van der Waals surface area contributed by atoms with Crippen LogP contribution in [-0.4, -0.2) is 29.9 Å². The van der Waals surface area contributed by atoms with E-state index >= 15 is 0 Å². The first-order valence-electron chi connectivity index (χ1n) is 7.60. The number of rotatable bonds is 2. The van der Waals surface area contributed by atoms with Gasteiger partial charge in [0.15, 0.2) is 5.17 Å². The normalized spacial score (nSPS) is 17.1. The minimum Gasteiger partial charge on any atom is -0.465 e. The Labute approximate surface area is 163 Å². The van der Waals surface area contributed by atoms with Crippen LogP contribution >= 0.6 is 27.7 Å². The lowest BCUT2D eigenvalue weighted by atomic mass is 10.1. The third kappa shape index (κ3) is 5.57. The third-order valence-corrected chi connectivity index (χ3v) is 4.46. The van der Waals surface area contributed by atoms with Crippen molar-refractivity contribution < 1.29 is 23.5 Å². The SMILES string of the molecule is COC(=O)C1=CC(c2cc(Br)ccc2F)N=C(NC(=O)OC(C)(C)C)S1. The molecule has 0 radical (unpaired) electrons. The molecule has 140 valence electrons. The zero-order chi connectivity index (χ0) is 19.5. The zero-order valence-electron chi connectivity index (χ0n) is 14.6. The van der Waals surface area contributed by atoms with Gasteiger partial charge in [-0.3, -0.25) is 5.32 Å². The second kappa shape index (κ2) is 8.22. The predicted molar refractivity (Wildman–Crippen MR) is 101 cm³/mol. The zero-order valence-corrected chi connectivity index (χ0v) is 17.0. The quantitative estimate of drug-likeness (QED) is 0.687. The molecule has 0 spiro atoms. The van der Waals surface area contributed by atoms with Crippen molar-refractivity contribution in [1.82, 2.24) is 5.32 Å². The van der Waals surface area contributed by atoms with E-state index in [9.17, 15) is 14.0 Å². The number of halogens is 2. The van der Waals surface area contributed by atoms with Gasteiger partial charge in [-0.2, -0.15) is 0 Å². The largest absolute Gasteiger partial charge is 0.465 e. The Morgan fingerprint density at radius 3 is 2.65 bits per heavy atom. The molecule has 1 N–H and O–H groups in total. The molecule has 1 aliphatic heterocycles. The Balaban J connectivity index is 2.34. The second-order valence-electron chi connectivity index (χ2n) is 6.30. The molecule has 0 aliphatic carbocycles. The number of benzene rings is 1. The summed E-state index contributed by atoms with van der Waals surface area (Å²) >= 11 is 4.20. The highest BCUT2D eigenvalue weighted by Gasteiger charge is 2.27. The summed E-state index contributed by atoms with van der Waals surface area (Å²) in [6.45, 7) is 5.17. The number of aliphatic imine (C=N–C) groups is 1. The fourth-order valence-electron chi connectivity index (χ4n) is 2.03. The molecule has 0 saturated heterocycles. The van der Waals surface area contributed by atoms with Gasteiger partial charge in [-0.05, 0) is 56.8 Å². The van der Waals surface area contributed by atoms with Gasteiger partial charge in [-0.25, -0.2) is 19.0 Å². The Bertz CT molecular complexity index is 789. The number of methoxy groups -OCH3 is 1. The van der Waals surface area contributed by atoms with Crippen LogP contribution in [-0.2, 0) is 14.3 Å². The van der Waals surface area contributed by atoms with E-state index in [-0.39, 0.29) is 15.6 Å². The summed E-state index contributed by atoms with van der Waals surface area (Å²) in [5.41, 5.74) is -0.439. The van der Waals surface area contributed by atoms with E-state index in [1.165, 1.54) is 19.3 Å². The molecule has 1 atom stereocenters. The first-order chi connectivity index (χ1) is 12.1. The van der Waals surface area contributed by atoms with E-state index in [4.69, 9.17) is 9.47 Å². The van der Waals surface area contributed by atoms with Crippen LogP contribution in [0.15, 0.2) is 38.6 Å². The second-order valence-corrected chi connectivity index (χ2v) is 8.24. The van der Waals surface area contributed by atoms with Crippen molar-refractivity contribution in [2.24, 2.45) is 4.99 Å². The van der Waals surface area contributed by atoms with Gasteiger partial charge in [0.25, 0.3) is 0 Å². The molecule has 1 aromatic rings. The van der Waals surface area contributed by atoms with Crippen molar-refractivity contribution in [3.63, 3.8) is 0 Å². The van der Waals surface area contributed by atoms with Crippen LogP contribution in [0.4, 0.5) is 9.18 Å². The van der Waals surface area contributed by atoms with Crippen LogP contribution in [0.2, 0.25) is 0 Å². The molecule has 1 unspecified atom stereocenters. The van der Waals surface area contributed by atoms with Crippen LogP contribution in [0.25, 0.3) is 0 Å². The smallest absolute Gasteiger partial charge is 0.413 e. The van der Waals surface area contributed by atoms with Crippen LogP contribution in [0.3, 0.4) is 0 Å². The van der Waals surface area contributed by atoms with Gasteiger partial charge in [-0.15, -0.1) is 0 Å². The molecule has 0 bridgehead atoms. The first-order valence-corrected chi connectivity index (χ1v) is 9.21. The van der Waals surface area contributed by atoms with Crippen LogP contribution in [0, 0.1) is 5.82 Å². The standard InChI is InChI=1S/C17H18BrFN2O4S/c1-17(2,3)25-16(23)21-15-20-12(8-13(26-15)14(22)24-4)10-7-9(18)5-6-11(10)19/h5-8,12H,1-4H3,(H,20,21,23). The molecule has 1 aromatic carbocycles. The Morgan fingerprint density at radius 1 is 1.35 bits per heavy atom. The minimum absolute atomic E-state index is 0.117.